The van der Waals surface area contributed by atoms with E-state index in [2.05, 4.69) is 15.4 Å². The van der Waals surface area contributed by atoms with E-state index in [4.69, 9.17) is 15.9 Å². The van der Waals surface area contributed by atoms with E-state index in [1.807, 2.05) is 0 Å². The highest BCUT2D eigenvalue weighted by Crippen LogP contribution is 2.10. The molecular formula is C25H35N5O6S. The summed E-state index contributed by atoms with van der Waals surface area (Å²) in [5, 5.41) is 22.2. The number of carbonyl (C=O) groups excluding carboxylic acids is 2. The van der Waals surface area contributed by atoms with Gasteiger partial charge < -0.3 is 26.2 Å². The number of amidine groups is 1. The molecule has 2 atom stereocenters. The van der Waals surface area contributed by atoms with E-state index in [1.165, 1.54) is 0 Å². The molecule has 0 aromatic heterocycles. The Morgan fingerprint density at radius 3 is 2.16 bits per heavy atom. The van der Waals surface area contributed by atoms with Gasteiger partial charge >= 0.3 is 0 Å². The second-order valence-corrected chi connectivity index (χ2v) is 11.2. The normalized spacial score (nSPS) is 13.4. The highest BCUT2D eigenvalue weighted by Gasteiger charge is 2.30. The number of aliphatic hydroxyl groups excluding tert-OH is 1. The van der Waals surface area contributed by atoms with Crippen molar-refractivity contribution in [3.63, 3.8) is 0 Å². The molecule has 0 radical (unpaired) electrons. The quantitative estimate of drug-likeness (QED) is 0.159. The minimum Gasteiger partial charge on any atom is -0.394 e. The van der Waals surface area contributed by atoms with Crippen molar-refractivity contribution < 1.29 is 27.9 Å². The maximum Gasteiger partial charge on any atom is 0.245 e. The lowest BCUT2D eigenvalue weighted by Crippen LogP contribution is -2.56. The lowest BCUT2D eigenvalue weighted by Gasteiger charge is -2.26. The molecule has 2 aromatic carbocycles. The maximum absolute atomic E-state index is 13.0. The maximum atomic E-state index is 13.0. The summed E-state index contributed by atoms with van der Waals surface area (Å²) in [7, 11) is -3.94. The van der Waals surface area contributed by atoms with Crippen LogP contribution in [0.4, 0.5) is 0 Å². The van der Waals surface area contributed by atoms with E-state index >= 15 is 0 Å². The minimum atomic E-state index is -3.94. The van der Waals surface area contributed by atoms with Gasteiger partial charge in [0, 0.05) is 12.1 Å². The first-order valence-corrected chi connectivity index (χ1v) is 13.2. The third-order valence-corrected chi connectivity index (χ3v) is 6.43. The van der Waals surface area contributed by atoms with Gasteiger partial charge in [-0.05, 0) is 31.9 Å². The molecule has 0 fully saturated rings. The average molecular weight is 534 g/mol. The Hall–Kier alpha value is -3.32. The van der Waals surface area contributed by atoms with Gasteiger partial charge in [-0.25, -0.2) is 13.1 Å². The van der Waals surface area contributed by atoms with Crippen LogP contribution in [-0.2, 0) is 36.6 Å². The van der Waals surface area contributed by atoms with Gasteiger partial charge in [-0.3, -0.25) is 15.0 Å². The van der Waals surface area contributed by atoms with Crippen molar-refractivity contribution >= 4 is 27.7 Å². The van der Waals surface area contributed by atoms with Crippen molar-refractivity contribution in [3.8, 4) is 0 Å². The highest BCUT2D eigenvalue weighted by molar-refractivity contribution is 7.88. The molecule has 202 valence electrons. The van der Waals surface area contributed by atoms with Gasteiger partial charge in [0.1, 0.15) is 17.9 Å². The number of benzene rings is 2. The van der Waals surface area contributed by atoms with Crippen molar-refractivity contribution in [3.05, 3.63) is 71.3 Å². The topological polar surface area (TPSA) is 184 Å². The summed E-state index contributed by atoms with van der Waals surface area (Å²) in [4.78, 5) is 25.6. The summed E-state index contributed by atoms with van der Waals surface area (Å²) in [6.45, 7) is 4.38. The molecule has 7 N–H and O–H groups in total. The number of hydrogen-bond donors (Lipinski definition) is 6. The van der Waals surface area contributed by atoms with Gasteiger partial charge in [-0.15, -0.1) is 0 Å². The summed E-state index contributed by atoms with van der Waals surface area (Å²) >= 11 is 0. The lowest BCUT2D eigenvalue weighted by atomic mass is 10.1. The summed E-state index contributed by atoms with van der Waals surface area (Å²) < 4.78 is 33.5. The van der Waals surface area contributed by atoms with Gasteiger partial charge in [0.2, 0.25) is 21.8 Å². The molecule has 0 saturated heterocycles. The predicted molar refractivity (Wildman–Crippen MR) is 140 cm³/mol. The Morgan fingerprint density at radius 2 is 1.62 bits per heavy atom. The Bertz CT molecular complexity index is 1160. The van der Waals surface area contributed by atoms with Crippen molar-refractivity contribution in [1.82, 2.24) is 15.4 Å². The standard InChI is InChI=1S/C25H35N5O6S/c1-25(2,3)36-15-21(30-37(34,35)16-18-7-5-4-6-8-18)24(33)29-20(14-31)23(32)28-13-17-9-11-19(12-10-17)22(26)27/h4-12,20-21,30-31H,13-16H2,1-3H3,(H3,26,27)(H,28,32)(H,29,33)/t20-,21?/m0/s1. The van der Waals surface area contributed by atoms with Gasteiger partial charge in [0.15, 0.2) is 0 Å². The van der Waals surface area contributed by atoms with Crippen molar-refractivity contribution in [2.24, 2.45) is 5.73 Å². The molecule has 0 bridgehead atoms. The fraction of sp³-hybridized carbons (Fsp3) is 0.400. The molecule has 2 rings (SSSR count). The number of nitrogen functional groups attached to an aromatic ring is 1. The molecule has 0 aliphatic heterocycles. The Kier molecular flexibility index (Phi) is 10.7. The number of ether oxygens (including phenoxy) is 1. The Labute approximate surface area is 217 Å². The van der Waals surface area contributed by atoms with Gasteiger partial charge in [0.25, 0.3) is 0 Å². The van der Waals surface area contributed by atoms with Crippen molar-refractivity contribution in [1.29, 1.82) is 5.41 Å². The fourth-order valence-corrected chi connectivity index (χ4v) is 4.45. The zero-order valence-electron chi connectivity index (χ0n) is 21.2. The number of rotatable bonds is 13. The van der Waals surface area contributed by atoms with Crippen LogP contribution >= 0.6 is 0 Å². The van der Waals surface area contributed by atoms with Crippen LogP contribution in [0.3, 0.4) is 0 Å². The van der Waals surface area contributed by atoms with Gasteiger partial charge in [-0.2, -0.15) is 0 Å². The lowest BCUT2D eigenvalue weighted by molar-refractivity contribution is -0.132. The van der Waals surface area contributed by atoms with Crippen LogP contribution in [0.5, 0.6) is 0 Å². The average Bonchev–Trinajstić information content (AvgIpc) is 2.83. The van der Waals surface area contributed by atoms with Gasteiger partial charge in [0.05, 0.1) is 24.6 Å². The van der Waals surface area contributed by atoms with Crippen LogP contribution < -0.4 is 21.1 Å². The van der Waals surface area contributed by atoms with Gasteiger partial charge in [-0.1, -0.05) is 54.6 Å². The summed E-state index contributed by atoms with van der Waals surface area (Å²) in [5.74, 6) is -1.91. The van der Waals surface area contributed by atoms with Crippen LogP contribution in [0.1, 0.15) is 37.5 Å². The number of amides is 2. The van der Waals surface area contributed by atoms with E-state index in [-0.39, 0.29) is 24.7 Å². The summed E-state index contributed by atoms with van der Waals surface area (Å²) in [5.41, 5.74) is 6.56. The minimum absolute atomic E-state index is 0.0805. The first-order valence-electron chi connectivity index (χ1n) is 11.6. The number of nitrogens with two attached hydrogens (primary N) is 1. The zero-order chi connectivity index (χ0) is 27.6. The smallest absolute Gasteiger partial charge is 0.245 e. The molecule has 2 aromatic rings. The molecule has 0 spiro atoms. The van der Waals surface area contributed by atoms with Crippen LogP contribution in [-0.4, -0.2) is 62.1 Å². The van der Waals surface area contributed by atoms with E-state index in [9.17, 15) is 23.1 Å². The van der Waals surface area contributed by atoms with E-state index in [1.54, 1.807) is 75.4 Å². The molecule has 0 heterocycles. The van der Waals surface area contributed by atoms with Crippen LogP contribution in [0.2, 0.25) is 0 Å². The summed E-state index contributed by atoms with van der Waals surface area (Å²) in [6.07, 6.45) is 0. The molecule has 2 amide bonds. The largest absolute Gasteiger partial charge is 0.394 e. The molecule has 0 aliphatic carbocycles. The molecule has 0 saturated carbocycles. The molecule has 0 aliphatic rings. The molecule has 12 heteroatoms. The monoisotopic (exact) mass is 533 g/mol. The molecule has 1 unspecified atom stereocenters. The molecule has 11 nitrogen and oxygen atoms in total. The second-order valence-electron chi connectivity index (χ2n) is 9.41. The van der Waals surface area contributed by atoms with Crippen molar-refractivity contribution in [2.45, 2.75) is 50.8 Å². The second kappa shape index (κ2) is 13.3. The zero-order valence-corrected chi connectivity index (χ0v) is 22.0. The third-order valence-electron chi connectivity index (χ3n) is 5.07. The van der Waals surface area contributed by atoms with E-state index in [0.717, 1.165) is 0 Å². The van der Waals surface area contributed by atoms with Crippen molar-refractivity contribution in [2.75, 3.05) is 13.2 Å². The third kappa shape index (κ3) is 10.7. The van der Waals surface area contributed by atoms with Crippen LogP contribution in [0.25, 0.3) is 0 Å². The van der Waals surface area contributed by atoms with Crippen LogP contribution in [0, 0.1) is 5.41 Å². The number of aliphatic hydroxyl groups is 1. The Morgan fingerprint density at radius 1 is 1.00 bits per heavy atom. The van der Waals surface area contributed by atoms with E-state index in [0.29, 0.717) is 16.7 Å². The molecular weight excluding hydrogens is 498 g/mol. The number of hydrogen-bond acceptors (Lipinski definition) is 7. The predicted octanol–water partition coefficient (Wildman–Crippen LogP) is 0.367. The SMILES string of the molecule is CC(C)(C)OCC(NS(=O)(=O)Cc1ccccc1)C(=O)N[C@@H](CO)C(=O)NCc1ccc(C(=N)N)cc1. The first kappa shape index (κ1) is 29.9. The number of nitrogens with one attached hydrogen (secondary N) is 4. The Balaban J connectivity index is 2.06. The summed E-state index contributed by atoms with van der Waals surface area (Å²) in [6, 6.07) is 12.5. The highest BCUT2D eigenvalue weighted by atomic mass is 32.2. The van der Waals surface area contributed by atoms with Crippen LogP contribution in [0.15, 0.2) is 54.6 Å². The fourth-order valence-electron chi connectivity index (χ4n) is 3.13. The number of carbonyl (C=O) groups is 2. The van der Waals surface area contributed by atoms with E-state index < -0.39 is 46.1 Å². The molecule has 37 heavy (non-hydrogen) atoms. The number of sulfonamides is 1. The first-order chi connectivity index (χ1) is 17.3.